The van der Waals surface area contributed by atoms with Crippen molar-refractivity contribution in [2.75, 3.05) is 11.9 Å². The third-order valence-corrected chi connectivity index (χ3v) is 2.46. The van der Waals surface area contributed by atoms with Gasteiger partial charge in [0.15, 0.2) is 0 Å². The number of anilines is 1. The smallest absolute Gasteiger partial charge is 0.338 e. The molecule has 0 spiro atoms. The molecule has 0 saturated heterocycles. The van der Waals surface area contributed by atoms with Crippen LogP contribution in [0.3, 0.4) is 0 Å². The quantitative estimate of drug-likeness (QED) is 0.782. The summed E-state index contributed by atoms with van der Waals surface area (Å²) in [5.74, 6) is -0.508. The molecule has 0 aliphatic rings. The molecule has 0 aliphatic heterocycles. The topological polar surface area (TPSA) is 81.4 Å². The summed E-state index contributed by atoms with van der Waals surface area (Å²) in [5.41, 5.74) is 6.33. The second kappa shape index (κ2) is 7.05. The Morgan fingerprint density at radius 1 is 1.25 bits per heavy atom. The molecular formula is C15H22N2O3. The third kappa shape index (κ3) is 5.84. The zero-order valence-electron chi connectivity index (χ0n) is 12.2. The van der Waals surface area contributed by atoms with Crippen molar-refractivity contribution in [1.29, 1.82) is 0 Å². The van der Waals surface area contributed by atoms with Crippen LogP contribution < -0.4 is 11.1 Å². The van der Waals surface area contributed by atoms with Gasteiger partial charge in [-0.25, -0.2) is 4.79 Å². The summed E-state index contributed by atoms with van der Waals surface area (Å²) >= 11 is 0. The first-order chi connectivity index (χ1) is 9.31. The van der Waals surface area contributed by atoms with E-state index in [1.807, 2.05) is 6.92 Å². The van der Waals surface area contributed by atoms with Crippen LogP contribution in [-0.4, -0.2) is 24.0 Å². The van der Waals surface area contributed by atoms with Gasteiger partial charge in [-0.05, 0) is 44.5 Å². The normalized spacial score (nSPS) is 11.0. The zero-order valence-corrected chi connectivity index (χ0v) is 12.2. The molecule has 0 aromatic heterocycles. The van der Waals surface area contributed by atoms with Crippen molar-refractivity contribution < 1.29 is 14.3 Å². The van der Waals surface area contributed by atoms with E-state index < -0.39 is 5.54 Å². The SMILES string of the molecule is CCCOC(=O)c1ccc(NC(=O)CC(C)(C)N)cc1. The molecule has 3 N–H and O–H groups in total. The minimum Gasteiger partial charge on any atom is -0.462 e. The lowest BCUT2D eigenvalue weighted by Gasteiger charge is -2.17. The lowest BCUT2D eigenvalue weighted by molar-refractivity contribution is -0.117. The van der Waals surface area contributed by atoms with Crippen molar-refractivity contribution in [1.82, 2.24) is 0 Å². The van der Waals surface area contributed by atoms with E-state index >= 15 is 0 Å². The van der Waals surface area contributed by atoms with Crippen LogP contribution in [0.5, 0.6) is 0 Å². The molecule has 5 nitrogen and oxygen atoms in total. The largest absolute Gasteiger partial charge is 0.462 e. The standard InChI is InChI=1S/C15H22N2O3/c1-4-9-20-14(19)11-5-7-12(8-6-11)17-13(18)10-15(2,3)16/h5-8H,4,9-10,16H2,1-3H3,(H,17,18). The van der Waals surface area contributed by atoms with E-state index in [1.165, 1.54) is 0 Å². The van der Waals surface area contributed by atoms with Gasteiger partial charge in [0, 0.05) is 17.6 Å². The van der Waals surface area contributed by atoms with Crippen molar-refractivity contribution in [3.8, 4) is 0 Å². The van der Waals surface area contributed by atoms with E-state index in [-0.39, 0.29) is 18.3 Å². The summed E-state index contributed by atoms with van der Waals surface area (Å²) in [7, 11) is 0. The van der Waals surface area contributed by atoms with Gasteiger partial charge in [0.25, 0.3) is 0 Å². The van der Waals surface area contributed by atoms with E-state index in [0.29, 0.717) is 17.9 Å². The number of esters is 1. The number of rotatable bonds is 6. The Labute approximate surface area is 119 Å². The molecule has 1 aromatic carbocycles. The summed E-state index contributed by atoms with van der Waals surface area (Å²) < 4.78 is 5.02. The Hall–Kier alpha value is -1.88. The van der Waals surface area contributed by atoms with Crippen LogP contribution in [0.2, 0.25) is 0 Å². The van der Waals surface area contributed by atoms with Crippen LogP contribution in [0.25, 0.3) is 0 Å². The minimum absolute atomic E-state index is 0.154. The van der Waals surface area contributed by atoms with E-state index in [0.717, 1.165) is 6.42 Å². The summed E-state index contributed by atoms with van der Waals surface area (Å²) in [6, 6.07) is 6.59. The highest BCUT2D eigenvalue weighted by atomic mass is 16.5. The monoisotopic (exact) mass is 278 g/mol. The first kappa shape index (κ1) is 16.2. The molecule has 0 saturated carbocycles. The lowest BCUT2D eigenvalue weighted by Crippen LogP contribution is -2.36. The van der Waals surface area contributed by atoms with Crippen LogP contribution in [0.4, 0.5) is 5.69 Å². The maximum absolute atomic E-state index is 11.7. The number of amides is 1. The predicted octanol–water partition coefficient (Wildman–Crippen LogP) is 2.32. The molecule has 1 rings (SSSR count). The van der Waals surface area contributed by atoms with Crippen LogP contribution in [0, 0.1) is 0 Å². The Morgan fingerprint density at radius 3 is 2.35 bits per heavy atom. The Bertz CT molecular complexity index is 461. The summed E-state index contributed by atoms with van der Waals surface area (Å²) in [5, 5.41) is 2.74. The number of nitrogens with one attached hydrogen (secondary N) is 1. The van der Waals surface area contributed by atoms with E-state index in [9.17, 15) is 9.59 Å². The molecule has 110 valence electrons. The van der Waals surface area contributed by atoms with Crippen molar-refractivity contribution in [3.05, 3.63) is 29.8 Å². The predicted molar refractivity (Wildman–Crippen MR) is 78.5 cm³/mol. The first-order valence-corrected chi connectivity index (χ1v) is 6.68. The van der Waals surface area contributed by atoms with Gasteiger partial charge in [-0.3, -0.25) is 4.79 Å². The molecule has 1 aromatic rings. The molecule has 0 fully saturated rings. The molecular weight excluding hydrogens is 256 g/mol. The summed E-state index contributed by atoms with van der Waals surface area (Å²) in [4.78, 5) is 23.3. The average Bonchev–Trinajstić information content (AvgIpc) is 2.34. The van der Waals surface area contributed by atoms with Crippen LogP contribution in [0.1, 0.15) is 44.0 Å². The maximum Gasteiger partial charge on any atom is 0.338 e. The highest BCUT2D eigenvalue weighted by Gasteiger charge is 2.16. The lowest BCUT2D eigenvalue weighted by atomic mass is 10.0. The van der Waals surface area contributed by atoms with Gasteiger partial charge in [0.2, 0.25) is 5.91 Å². The second-order valence-electron chi connectivity index (χ2n) is 5.43. The van der Waals surface area contributed by atoms with Gasteiger partial charge in [-0.1, -0.05) is 6.92 Å². The molecule has 1 amide bonds. The Kier molecular flexibility index (Phi) is 5.70. The first-order valence-electron chi connectivity index (χ1n) is 6.68. The minimum atomic E-state index is -0.548. The summed E-state index contributed by atoms with van der Waals surface area (Å²) in [6.07, 6.45) is 1.02. The molecule has 0 unspecified atom stereocenters. The molecule has 0 aliphatic carbocycles. The Balaban J connectivity index is 2.58. The fraction of sp³-hybridized carbons (Fsp3) is 0.467. The fourth-order valence-electron chi connectivity index (χ4n) is 1.59. The zero-order chi connectivity index (χ0) is 15.2. The van der Waals surface area contributed by atoms with Crippen molar-refractivity contribution in [3.63, 3.8) is 0 Å². The molecule has 0 bridgehead atoms. The van der Waals surface area contributed by atoms with Crippen LogP contribution in [0.15, 0.2) is 24.3 Å². The molecule has 0 atom stereocenters. The van der Waals surface area contributed by atoms with E-state index in [2.05, 4.69) is 5.32 Å². The number of hydrogen-bond acceptors (Lipinski definition) is 4. The number of benzene rings is 1. The van der Waals surface area contributed by atoms with E-state index in [1.54, 1.807) is 38.1 Å². The van der Waals surface area contributed by atoms with Crippen molar-refractivity contribution in [2.45, 2.75) is 39.2 Å². The van der Waals surface area contributed by atoms with Crippen molar-refractivity contribution >= 4 is 17.6 Å². The van der Waals surface area contributed by atoms with E-state index in [4.69, 9.17) is 10.5 Å². The van der Waals surface area contributed by atoms with Gasteiger partial charge in [0.05, 0.1) is 12.2 Å². The van der Waals surface area contributed by atoms with Crippen molar-refractivity contribution in [2.24, 2.45) is 5.73 Å². The maximum atomic E-state index is 11.7. The Morgan fingerprint density at radius 2 is 1.85 bits per heavy atom. The van der Waals surface area contributed by atoms with Crippen LogP contribution >= 0.6 is 0 Å². The molecule has 0 radical (unpaired) electrons. The highest BCUT2D eigenvalue weighted by molar-refractivity contribution is 5.93. The highest BCUT2D eigenvalue weighted by Crippen LogP contribution is 2.12. The third-order valence-electron chi connectivity index (χ3n) is 2.46. The molecule has 20 heavy (non-hydrogen) atoms. The number of ether oxygens (including phenoxy) is 1. The number of carbonyl (C=O) groups is 2. The fourth-order valence-corrected chi connectivity index (χ4v) is 1.59. The number of carbonyl (C=O) groups excluding carboxylic acids is 2. The second-order valence-corrected chi connectivity index (χ2v) is 5.43. The molecule has 0 heterocycles. The van der Waals surface area contributed by atoms with Gasteiger partial charge >= 0.3 is 5.97 Å². The molecule has 5 heteroatoms. The number of nitrogens with two attached hydrogens (primary N) is 1. The van der Waals surface area contributed by atoms with Crippen LogP contribution in [-0.2, 0) is 9.53 Å². The number of hydrogen-bond donors (Lipinski definition) is 2. The van der Waals surface area contributed by atoms with Gasteiger partial charge in [-0.2, -0.15) is 0 Å². The van der Waals surface area contributed by atoms with Gasteiger partial charge < -0.3 is 15.8 Å². The van der Waals surface area contributed by atoms with Gasteiger partial charge in [-0.15, -0.1) is 0 Å². The average molecular weight is 278 g/mol. The summed E-state index contributed by atoms with van der Waals surface area (Å²) in [6.45, 7) is 5.92. The van der Waals surface area contributed by atoms with Gasteiger partial charge in [0.1, 0.15) is 0 Å².